The summed E-state index contributed by atoms with van der Waals surface area (Å²) < 4.78 is 10.1. The molecule has 0 saturated carbocycles. The molecule has 0 saturated heterocycles. The van der Waals surface area contributed by atoms with E-state index in [0.717, 1.165) is 5.56 Å². The summed E-state index contributed by atoms with van der Waals surface area (Å²) in [4.78, 5) is 23.0. The van der Waals surface area contributed by atoms with Crippen molar-refractivity contribution in [3.8, 4) is 24.2 Å². The van der Waals surface area contributed by atoms with Crippen LogP contribution in [0.2, 0.25) is 0 Å². The molecule has 9 heteroatoms. The first kappa shape index (κ1) is 24.9. The van der Waals surface area contributed by atoms with Crippen LogP contribution in [-0.2, 0) is 16.1 Å². The first-order valence-electron chi connectivity index (χ1n) is 9.47. The SMILES string of the molecule is C#CCOc1ccc([N+](=O)[O-])c(COC(=O)CC[C@](C)(C#N)SC(=S)c2ccccc2)c1. The van der Waals surface area contributed by atoms with Gasteiger partial charge in [0, 0.05) is 12.5 Å². The molecule has 0 unspecified atom stereocenters. The molecule has 2 rings (SSSR count). The molecular formula is C23H20N2O5S2. The fourth-order valence-electron chi connectivity index (χ4n) is 2.61. The van der Waals surface area contributed by atoms with Gasteiger partial charge in [-0.25, -0.2) is 0 Å². The van der Waals surface area contributed by atoms with Crippen molar-refractivity contribution < 1.29 is 19.2 Å². The summed E-state index contributed by atoms with van der Waals surface area (Å²) in [5, 5.41) is 20.9. The van der Waals surface area contributed by atoms with Gasteiger partial charge in [0.2, 0.25) is 0 Å². The van der Waals surface area contributed by atoms with Crippen LogP contribution in [0.25, 0.3) is 0 Å². The van der Waals surface area contributed by atoms with Crippen LogP contribution in [0.5, 0.6) is 5.75 Å². The molecule has 7 nitrogen and oxygen atoms in total. The molecule has 0 N–H and O–H groups in total. The van der Waals surface area contributed by atoms with Gasteiger partial charge in [-0.15, -0.1) is 6.42 Å². The third-order valence-electron chi connectivity index (χ3n) is 4.33. The van der Waals surface area contributed by atoms with E-state index in [1.807, 2.05) is 30.3 Å². The van der Waals surface area contributed by atoms with Gasteiger partial charge in [0.1, 0.15) is 23.7 Å². The van der Waals surface area contributed by atoms with E-state index in [1.54, 1.807) is 6.92 Å². The van der Waals surface area contributed by atoms with Crippen LogP contribution in [-0.4, -0.2) is 26.4 Å². The normalized spacial score (nSPS) is 12.0. The lowest BCUT2D eigenvalue weighted by atomic mass is 10.1. The van der Waals surface area contributed by atoms with E-state index in [1.165, 1.54) is 30.0 Å². The van der Waals surface area contributed by atoms with E-state index in [0.29, 0.717) is 9.95 Å². The summed E-state index contributed by atoms with van der Waals surface area (Å²) in [7, 11) is 0. The molecule has 2 aromatic rings. The van der Waals surface area contributed by atoms with Crippen molar-refractivity contribution in [2.75, 3.05) is 6.61 Å². The fourth-order valence-corrected chi connectivity index (χ4v) is 4.21. The average Bonchev–Trinajstić information content (AvgIpc) is 2.80. The van der Waals surface area contributed by atoms with Crippen LogP contribution in [0.1, 0.15) is 30.9 Å². The molecule has 0 radical (unpaired) electrons. The lowest BCUT2D eigenvalue weighted by Crippen LogP contribution is -2.22. The maximum atomic E-state index is 12.3. The lowest BCUT2D eigenvalue weighted by Gasteiger charge is -2.21. The Hall–Kier alpha value is -3.40. The number of nitriles is 1. The maximum absolute atomic E-state index is 12.3. The Balaban J connectivity index is 1.97. The highest BCUT2D eigenvalue weighted by atomic mass is 32.2. The molecule has 0 spiro atoms. The number of rotatable bonds is 10. The second kappa shape index (κ2) is 11.8. The van der Waals surface area contributed by atoms with E-state index >= 15 is 0 Å². The molecule has 0 aromatic heterocycles. The standard InChI is InChI=1S/C23H20N2O5S2/c1-3-13-29-19-9-10-20(25(27)28)18(14-19)15-30-21(26)11-12-23(2,16-24)32-22(31)17-7-5-4-6-8-17/h1,4-10,14H,11-13,15H2,2H3/t23-/m1/s1. The van der Waals surface area contributed by atoms with Gasteiger partial charge in [-0.2, -0.15) is 5.26 Å². The van der Waals surface area contributed by atoms with Gasteiger partial charge < -0.3 is 9.47 Å². The van der Waals surface area contributed by atoms with Crippen LogP contribution in [0.15, 0.2) is 48.5 Å². The van der Waals surface area contributed by atoms with Crippen molar-refractivity contribution >= 4 is 39.8 Å². The number of thioether (sulfide) groups is 1. The van der Waals surface area contributed by atoms with E-state index in [4.69, 9.17) is 28.1 Å². The Morgan fingerprint density at radius 2 is 2.03 bits per heavy atom. The van der Waals surface area contributed by atoms with Gasteiger partial charge in [0.15, 0.2) is 0 Å². The number of nitrogens with zero attached hydrogens (tertiary/aromatic N) is 2. The first-order valence-corrected chi connectivity index (χ1v) is 10.7. The number of carbonyl (C=O) groups excluding carboxylic acids is 1. The molecule has 32 heavy (non-hydrogen) atoms. The Kier molecular flexibility index (Phi) is 9.21. The second-order valence-electron chi connectivity index (χ2n) is 6.80. The summed E-state index contributed by atoms with van der Waals surface area (Å²) in [5.41, 5.74) is 0.813. The van der Waals surface area contributed by atoms with E-state index < -0.39 is 15.6 Å². The van der Waals surface area contributed by atoms with Gasteiger partial charge in [-0.05, 0) is 31.0 Å². The monoisotopic (exact) mass is 468 g/mol. The molecule has 0 bridgehead atoms. The van der Waals surface area contributed by atoms with Gasteiger partial charge in [-0.1, -0.05) is 60.2 Å². The molecule has 0 heterocycles. The average molecular weight is 469 g/mol. The minimum Gasteiger partial charge on any atom is -0.481 e. The molecule has 0 aliphatic heterocycles. The number of benzene rings is 2. The number of hydrogen-bond acceptors (Lipinski definition) is 8. The van der Waals surface area contributed by atoms with Crippen LogP contribution >= 0.6 is 24.0 Å². The van der Waals surface area contributed by atoms with Crippen molar-refractivity contribution in [2.24, 2.45) is 0 Å². The first-order chi connectivity index (χ1) is 15.3. The number of carbonyl (C=O) groups is 1. The zero-order valence-electron chi connectivity index (χ0n) is 17.3. The molecule has 0 amide bonds. The molecule has 164 valence electrons. The smallest absolute Gasteiger partial charge is 0.306 e. The number of hydrogen-bond donors (Lipinski definition) is 0. The zero-order valence-corrected chi connectivity index (χ0v) is 18.9. The predicted octanol–water partition coefficient (Wildman–Crippen LogP) is 4.82. The van der Waals surface area contributed by atoms with E-state index in [2.05, 4.69) is 12.0 Å². The summed E-state index contributed by atoms with van der Waals surface area (Å²) in [6.45, 7) is 1.41. The molecule has 0 aliphatic carbocycles. The van der Waals surface area contributed by atoms with Crippen LogP contribution < -0.4 is 4.74 Å². The fraction of sp³-hybridized carbons (Fsp3) is 0.261. The number of thiocarbonyl (C=S) groups is 1. The quantitative estimate of drug-likeness (QED) is 0.161. The highest BCUT2D eigenvalue weighted by Crippen LogP contribution is 2.33. The summed E-state index contributed by atoms with van der Waals surface area (Å²) in [5.74, 6) is 2.06. The lowest BCUT2D eigenvalue weighted by molar-refractivity contribution is -0.385. The highest BCUT2D eigenvalue weighted by Gasteiger charge is 2.28. The number of nitro benzene ring substituents is 1. The van der Waals surface area contributed by atoms with E-state index in [-0.39, 0.29) is 37.3 Å². The van der Waals surface area contributed by atoms with Crippen LogP contribution in [0.4, 0.5) is 5.69 Å². The number of terminal acetylenes is 1. The Bertz CT molecular complexity index is 1080. The molecule has 0 fully saturated rings. The van der Waals surface area contributed by atoms with Crippen molar-refractivity contribution in [1.82, 2.24) is 0 Å². The topological polar surface area (TPSA) is 102 Å². The van der Waals surface area contributed by atoms with Gasteiger partial charge in [-0.3, -0.25) is 14.9 Å². The van der Waals surface area contributed by atoms with Crippen molar-refractivity contribution in [3.05, 3.63) is 69.8 Å². The van der Waals surface area contributed by atoms with Crippen molar-refractivity contribution in [2.45, 2.75) is 31.1 Å². The van der Waals surface area contributed by atoms with Crippen LogP contribution in [0, 0.1) is 33.8 Å². The second-order valence-corrected chi connectivity index (χ2v) is 8.98. The third-order valence-corrected chi connectivity index (χ3v) is 5.98. The molecule has 1 atom stereocenters. The largest absolute Gasteiger partial charge is 0.481 e. The molecule has 2 aromatic carbocycles. The summed E-state index contributed by atoms with van der Waals surface area (Å²) in [6.07, 6.45) is 5.30. The molecular weight excluding hydrogens is 448 g/mol. The van der Waals surface area contributed by atoms with Crippen molar-refractivity contribution in [3.63, 3.8) is 0 Å². The minimum absolute atomic E-state index is 0.00624. The zero-order chi connectivity index (χ0) is 23.6. The predicted molar refractivity (Wildman–Crippen MR) is 126 cm³/mol. The molecule has 0 aliphatic rings. The van der Waals surface area contributed by atoms with Gasteiger partial charge >= 0.3 is 5.97 Å². The van der Waals surface area contributed by atoms with E-state index in [9.17, 15) is 20.2 Å². The highest BCUT2D eigenvalue weighted by molar-refractivity contribution is 8.24. The Labute approximate surface area is 195 Å². The Morgan fingerprint density at radius 1 is 1.31 bits per heavy atom. The number of esters is 1. The summed E-state index contributed by atoms with van der Waals surface area (Å²) in [6, 6.07) is 15.6. The van der Waals surface area contributed by atoms with Crippen LogP contribution in [0.3, 0.4) is 0 Å². The maximum Gasteiger partial charge on any atom is 0.306 e. The summed E-state index contributed by atoms with van der Waals surface area (Å²) >= 11 is 6.63. The van der Waals surface area contributed by atoms with Gasteiger partial charge in [0.05, 0.1) is 20.8 Å². The van der Waals surface area contributed by atoms with Crippen molar-refractivity contribution in [1.29, 1.82) is 5.26 Å². The third kappa shape index (κ3) is 7.38. The number of ether oxygens (including phenoxy) is 2. The number of nitro groups is 1. The van der Waals surface area contributed by atoms with Gasteiger partial charge in [0.25, 0.3) is 5.69 Å². The minimum atomic E-state index is -0.930. The Morgan fingerprint density at radius 3 is 2.66 bits per heavy atom.